The quantitative estimate of drug-likeness (QED) is 0.800. The monoisotopic (exact) mass is 391 g/mol. The molecular weight excluding hydrogens is 362 g/mol. The maximum Gasteiger partial charge on any atom is 0.322 e. The Kier molecular flexibility index (Phi) is 5.56. The van der Waals surface area contributed by atoms with Crippen LogP contribution in [0.3, 0.4) is 0 Å². The summed E-state index contributed by atoms with van der Waals surface area (Å²) in [6.45, 7) is 4.00. The Morgan fingerprint density at radius 3 is 2.38 bits per heavy atom. The van der Waals surface area contributed by atoms with E-state index in [4.69, 9.17) is 0 Å². The number of urea groups is 1. The Hall–Kier alpha value is -2.82. The summed E-state index contributed by atoms with van der Waals surface area (Å²) in [6, 6.07) is 16.0. The van der Waals surface area contributed by atoms with E-state index in [1.165, 1.54) is 0 Å². The van der Waals surface area contributed by atoms with Gasteiger partial charge in [0.25, 0.3) is 5.91 Å². The van der Waals surface area contributed by atoms with Gasteiger partial charge in [0, 0.05) is 29.4 Å². The van der Waals surface area contributed by atoms with Gasteiger partial charge in [0.1, 0.15) is 0 Å². The molecule has 0 spiro atoms. The predicted octanol–water partition coefficient (Wildman–Crippen LogP) is 4.65. The molecule has 2 fully saturated rings. The van der Waals surface area contributed by atoms with Crippen LogP contribution in [0.2, 0.25) is 0 Å². The van der Waals surface area contributed by atoms with Crippen LogP contribution in [0.1, 0.15) is 53.6 Å². The molecule has 2 aromatic rings. The molecule has 2 atom stereocenters. The molecule has 2 bridgehead atoms. The van der Waals surface area contributed by atoms with Crippen molar-refractivity contribution >= 4 is 17.6 Å². The molecule has 5 nitrogen and oxygen atoms in total. The van der Waals surface area contributed by atoms with Crippen molar-refractivity contribution in [3.05, 3.63) is 65.2 Å². The van der Waals surface area contributed by atoms with Crippen molar-refractivity contribution in [1.82, 2.24) is 10.2 Å². The number of hydrogen-bond acceptors (Lipinski definition) is 2. The van der Waals surface area contributed by atoms with Crippen LogP contribution in [-0.4, -0.2) is 35.0 Å². The third-order valence-electron chi connectivity index (χ3n) is 6.21. The lowest BCUT2D eigenvalue weighted by Crippen LogP contribution is -2.59. The second-order valence-corrected chi connectivity index (χ2v) is 8.40. The number of amides is 3. The van der Waals surface area contributed by atoms with Gasteiger partial charge in [0.2, 0.25) is 0 Å². The van der Waals surface area contributed by atoms with Crippen molar-refractivity contribution < 1.29 is 9.59 Å². The molecule has 0 unspecified atom stereocenters. The van der Waals surface area contributed by atoms with Crippen LogP contribution in [0.5, 0.6) is 0 Å². The third-order valence-corrected chi connectivity index (χ3v) is 6.21. The third kappa shape index (κ3) is 4.29. The highest BCUT2D eigenvalue weighted by Gasteiger charge is 2.41. The van der Waals surface area contributed by atoms with E-state index in [2.05, 4.69) is 10.6 Å². The van der Waals surface area contributed by atoms with Crippen molar-refractivity contribution in [2.24, 2.45) is 0 Å². The summed E-state index contributed by atoms with van der Waals surface area (Å²) < 4.78 is 0. The highest BCUT2D eigenvalue weighted by Crippen LogP contribution is 2.35. The molecule has 2 N–H and O–H groups in total. The lowest BCUT2D eigenvalue weighted by atomic mass is 9.82. The number of fused-ring (bicyclic) bond motifs is 2. The number of piperidine rings is 2. The van der Waals surface area contributed by atoms with Gasteiger partial charge < -0.3 is 15.5 Å². The van der Waals surface area contributed by atoms with E-state index in [0.717, 1.165) is 48.9 Å². The van der Waals surface area contributed by atoms with Crippen molar-refractivity contribution in [2.45, 2.75) is 64.1 Å². The molecule has 0 aromatic heterocycles. The van der Waals surface area contributed by atoms with Crippen molar-refractivity contribution in [3.8, 4) is 0 Å². The Labute approximate surface area is 172 Å². The number of hydrogen-bond donors (Lipinski definition) is 2. The van der Waals surface area contributed by atoms with E-state index in [-0.39, 0.29) is 30.1 Å². The maximum absolute atomic E-state index is 13.0. The minimum absolute atomic E-state index is 0.0162. The number of aryl methyl sites for hydroxylation is 2. The van der Waals surface area contributed by atoms with Gasteiger partial charge in [-0.2, -0.15) is 0 Å². The van der Waals surface area contributed by atoms with Gasteiger partial charge in [0.05, 0.1) is 0 Å². The second-order valence-electron chi connectivity index (χ2n) is 8.40. The van der Waals surface area contributed by atoms with Crippen LogP contribution in [0.25, 0.3) is 0 Å². The molecular formula is C24H29N3O2. The maximum atomic E-state index is 13.0. The molecule has 3 amide bonds. The van der Waals surface area contributed by atoms with Gasteiger partial charge >= 0.3 is 6.03 Å². The first-order valence-electron chi connectivity index (χ1n) is 10.5. The summed E-state index contributed by atoms with van der Waals surface area (Å²) in [5.41, 5.74) is 3.71. The van der Waals surface area contributed by atoms with Crippen LogP contribution in [0.15, 0.2) is 48.5 Å². The molecule has 0 radical (unpaired) electrons. The van der Waals surface area contributed by atoms with Crippen LogP contribution < -0.4 is 10.6 Å². The molecule has 0 saturated carbocycles. The zero-order chi connectivity index (χ0) is 20.4. The van der Waals surface area contributed by atoms with Crippen molar-refractivity contribution in [2.75, 3.05) is 5.32 Å². The Morgan fingerprint density at radius 2 is 1.69 bits per heavy atom. The molecule has 2 aromatic carbocycles. The smallest absolute Gasteiger partial charge is 0.322 e. The molecule has 29 heavy (non-hydrogen) atoms. The van der Waals surface area contributed by atoms with E-state index in [1.807, 2.05) is 67.3 Å². The van der Waals surface area contributed by atoms with Gasteiger partial charge in [-0.3, -0.25) is 4.79 Å². The summed E-state index contributed by atoms with van der Waals surface area (Å²) in [7, 11) is 0. The second kappa shape index (κ2) is 8.27. The van der Waals surface area contributed by atoms with E-state index in [0.29, 0.717) is 5.56 Å². The van der Waals surface area contributed by atoms with Gasteiger partial charge in [-0.1, -0.05) is 35.9 Å². The number of carbonyl (C=O) groups excluding carboxylic acids is 2. The zero-order valence-corrected chi connectivity index (χ0v) is 17.2. The van der Waals surface area contributed by atoms with E-state index >= 15 is 0 Å². The number of para-hydroxylation sites is 1. The minimum atomic E-state index is -0.0189. The first kappa shape index (κ1) is 19.5. The molecule has 2 heterocycles. The van der Waals surface area contributed by atoms with Crippen molar-refractivity contribution in [3.63, 3.8) is 0 Å². The molecule has 5 heteroatoms. The number of nitrogens with zero attached hydrogens (tertiary/aromatic N) is 1. The normalized spacial score (nSPS) is 23.4. The SMILES string of the molecule is Cc1cccc(C(=O)NC2C[C@@H]3CCC[C@@H](C2)N3C(=O)Nc2ccccc2C)c1. The molecule has 2 aliphatic rings. The van der Waals surface area contributed by atoms with E-state index in [9.17, 15) is 9.59 Å². The molecule has 2 saturated heterocycles. The van der Waals surface area contributed by atoms with Crippen LogP contribution in [0.4, 0.5) is 10.5 Å². The summed E-state index contributed by atoms with van der Waals surface area (Å²) in [5.74, 6) is -0.0189. The summed E-state index contributed by atoms with van der Waals surface area (Å²) in [5, 5.41) is 6.31. The summed E-state index contributed by atoms with van der Waals surface area (Å²) >= 11 is 0. The van der Waals surface area contributed by atoms with Gasteiger partial charge in [-0.05, 0) is 69.7 Å². The topological polar surface area (TPSA) is 61.4 Å². The van der Waals surface area contributed by atoms with Gasteiger partial charge in [-0.25, -0.2) is 4.79 Å². The lowest BCUT2D eigenvalue weighted by molar-refractivity contribution is 0.0577. The van der Waals surface area contributed by atoms with Gasteiger partial charge in [-0.15, -0.1) is 0 Å². The number of carbonyl (C=O) groups is 2. The molecule has 2 aliphatic heterocycles. The minimum Gasteiger partial charge on any atom is -0.349 e. The first-order valence-corrected chi connectivity index (χ1v) is 10.5. The number of anilines is 1. The highest BCUT2D eigenvalue weighted by atomic mass is 16.2. The molecule has 152 valence electrons. The molecule has 0 aliphatic carbocycles. The van der Waals surface area contributed by atoms with Crippen LogP contribution >= 0.6 is 0 Å². The Morgan fingerprint density at radius 1 is 0.966 bits per heavy atom. The number of nitrogens with one attached hydrogen (secondary N) is 2. The summed E-state index contributed by atoms with van der Waals surface area (Å²) in [4.78, 5) is 27.8. The molecule has 4 rings (SSSR count). The summed E-state index contributed by atoms with van der Waals surface area (Å²) in [6.07, 6.45) is 4.76. The van der Waals surface area contributed by atoms with E-state index in [1.54, 1.807) is 0 Å². The average molecular weight is 392 g/mol. The van der Waals surface area contributed by atoms with Gasteiger partial charge in [0.15, 0.2) is 0 Å². The standard InChI is InChI=1S/C24H29N3O2/c1-16-7-5-9-18(13-16)23(28)25-19-14-20-10-6-11-21(15-19)27(20)24(29)26-22-12-4-3-8-17(22)2/h3-5,7-9,12-13,19-21H,6,10-11,14-15H2,1-2H3,(H,25,28)(H,26,29)/t20-,21-/m0/s1. The fraction of sp³-hybridized carbons (Fsp3) is 0.417. The predicted molar refractivity (Wildman–Crippen MR) is 115 cm³/mol. The van der Waals surface area contributed by atoms with Crippen molar-refractivity contribution in [1.29, 1.82) is 0 Å². The lowest BCUT2D eigenvalue weighted by Gasteiger charge is -2.48. The zero-order valence-electron chi connectivity index (χ0n) is 17.2. The average Bonchev–Trinajstić information content (AvgIpc) is 2.69. The van der Waals surface area contributed by atoms with Crippen LogP contribution in [-0.2, 0) is 0 Å². The van der Waals surface area contributed by atoms with E-state index < -0.39 is 0 Å². The fourth-order valence-corrected chi connectivity index (χ4v) is 4.78. The highest BCUT2D eigenvalue weighted by molar-refractivity contribution is 5.94. The van der Waals surface area contributed by atoms with Crippen LogP contribution in [0, 0.1) is 13.8 Å². The Bertz CT molecular complexity index is 897. The Balaban J connectivity index is 1.43. The fourth-order valence-electron chi connectivity index (χ4n) is 4.78. The number of rotatable bonds is 3. The largest absolute Gasteiger partial charge is 0.349 e. The number of benzene rings is 2. The first-order chi connectivity index (χ1) is 14.0.